The average Bonchev–Trinajstić information content (AvgIpc) is 3.40. The Morgan fingerprint density at radius 1 is 0.745 bits per heavy atom. The third-order valence-electron chi connectivity index (χ3n) is 14.5. The summed E-state index contributed by atoms with van der Waals surface area (Å²) in [6.07, 6.45) is 38.4. The Hall–Kier alpha value is -0.790. The van der Waals surface area contributed by atoms with Crippen molar-refractivity contribution < 1.29 is 9.53 Å². The van der Waals surface area contributed by atoms with Crippen molar-refractivity contribution in [2.24, 2.45) is 46.3 Å². The predicted octanol–water partition coefficient (Wildman–Crippen LogP) is 14.2. The summed E-state index contributed by atoms with van der Waals surface area (Å²) in [6.45, 7) is 15.0. The highest BCUT2D eigenvalue weighted by atomic mass is 16.5. The Kier molecular flexibility index (Phi) is 16.2. The Morgan fingerprint density at radius 2 is 1.36 bits per heavy atom. The molecule has 272 valence electrons. The second-order valence-corrected chi connectivity index (χ2v) is 18.3. The Morgan fingerprint density at radius 3 is 1.98 bits per heavy atom. The number of rotatable bonds is 22. The van der Waals surface area contributed by atoms with E-state index in [1.54, 1.807) is 5.57 Å². The lowest BCUT2D eigenvalue weighted by Crippen LogP contribution is -2.51. The number of carbonyl (C=O) groups excluding carboxylic acids is 1. The standard InChI is InChI=1S/C45H80O2/c1-7-8-9-10-11-12-13-14-15-16-17-18-19-20-21-25-43(46)47-38-30-32-44(5)37(34-38)26-27-39-41-29-28-40(36(4)24-22-23-35(2)3)45(41,6)33-31-42(39)44/h26,35-36,38-42H,7-25,27-34H2,1-6H3. The van der Waals surface area contributed by atoms with Gasteiger partial charge in [0.15, 0.2) is 0 Å². The monoisotopic (exact) mass is 653 g/mol. The number of hydrogen-bond acceptors (Lipinski definition) is 2. The van der Waals surface area contributed by atoms with Crippen molar-refractivity contribution in [2.75, 3.05) is 0 Å². The first-order chi connectivity index (χ1) is 22.7. The molecule has 4 aliphatic carbocycles. The van der Waals surface area contributed by atoms with Crippen molar-refractivity contribution in [3.05, 3.63) is 11.6 Å². The summed E-state index contributed by atoms with van der Waals surface area (Å²) in [5, 5.41) is 0. The molecular formula is C45H80O2. The predicted molar refractivity (Wildman–Crippen MR) is 202 cm³/mol. The van der Waals surface area contributed by atoms with E-state index in [0.717, 1.165) is 54.8 Å². The molecule has 0 saturated heterocycles. The smallest absolute Gasteiger partial charge is 0.306 e. The summed E-state index contributed by atoms with van der Waals surface area (Å²) in [5.74, 6) is 5.34. The molecule has 47 heavy (non-hydrogen) atoms. The Bertz CT molecular complexity index is 934. The Balaban J connectivity index is 1.10. The maximum absolute atomic E-state index is 12.8. The minimum absolute atomic E-state index is 0.0653. The van der Waals surface area contributed by atoms with Crippen molar-refractivity contribution in [3.63, 3.8) is 0 Å². The van der Waals surface area contributed by atoms with E-state index < -0.39 is 0 Å². The molecule has 0 aromatic heterocycles. The van der Waals surface area contributed by atoms with E-state index in [0.29, 0.717) is 17.3 Å². The molecule has 0 aliphatic heterocycles. The summed E-state index contributed by atoms with van der Waals surface area (Å²) in [4.78, 5) is 12.8. The van der Waals surface area contributed by atoms with Gasteiger partial charge in [-0.1, -0.05) is 162 Å². The van der Waals surface area contributed by atoms with Gasteiger partial charge in [0.1, 0.15) is 6.10 Å². The SMILES string of the molecule is CCCCCCCCCCCCCCCCCC(=O)OC1CCC2(C)C(=CCC3C2CCC2(C)C(C(C)CCCC(C)C)CCC32)C1. The number of ether oxygens (including phenoxy) is 1. The maximum Gasteiger partial charge on any atom is 0.306 e. The highest BCUT2D eigenvalue weighted by Gasteiger charge is 2.59. The fourth-order valence-electron chi connectivity index (χ4n) is 11.6. The van der Waals surface area contributed by atoms with Crippen LogP contribution in [0.3, 0.4) is 0 Å². The van der Waals surface area contributed by atoms with Gasteiger partial charge < -0.3 is 4.74 Å². The lowest BCUT2D eigenvalue weighted by atomic mass is 9.47. The lowest BCUT2D eigenvalue weighted by molar-refractivity contribution is -0.151. The van der Waals surface area contributed by atoms with Gasteiger partial charge >= 0.3 is 5.97 Å². The first kappa shape index (κ1) is 39.0. The highest BCUT2D eigenvalue weighted by Crippen LogP contribution is 2.67. The average molecular weight is 653 g/mol. The topological polar surface area (TPSA) is 26.3 Å². The molecule has 4 rings (SSSR count). The summed E-state index contributed by atoms with van der Waals surface area (Å²) >= 11 is 0. The number of hydrogen-bond donors (Lipinski definition) is 0. The van der Waals surface area contributed by atoms with E-state index >= 15 is 0 Å². The lowest BCUT2D eigenvalue weighted by Gasteiger charge is -2.58. The van der Waals surface area contributed by atoms with Gasteiger partial charge in [0.2, 0.25) is 0 Å². The molecule has 0 aromatic carbocycles. The van der Waals surface area contributed by atoms with Crippen molar-refractivity contribution in [2.45, 2.75) is 221 Å². The number of unbranched alkanes of at least 4 members (excludes halogenated alkanes) is 14. The van der Waals surface area contributed by atoms with Crippen molar-refractivity contribution >= 4 is 5.97 Å². The van der Waals surface area contributed by atoms with Gasteiger partial charge in [-0.2, -0.15) is 0 Å². The van der Waals surface area contributed by atoms with Crippen LogP contribution in [-0.2, 0) is 9.53 Å². The summed E-state index contributed by atoms with van der Waals surface area (Å²) in [6, 6.07) is 0. The molecular weight excluding hydrogens is 572 g/mol. The normalized spacial score (nSPS) is 32.4. The van der Waals surface area contributed by atoms with Crippen molar-refractivity contribution in [3.8, 4) is 0 Å². The van der Waals surface area contributed by atoms with Gasteiger partial charge in [-0.15, -0.1) is 0 Å². The van der Waals surface area contributed by atoms with Gasteiger partial charge in [-0.05, 0) is 97.7 Å². The molecule has 8 unspecified atom stereocenters. The minimum atomic E-state index is 0.0653. The summed E-state index contributed by atoms with van der Waals surface area (Å²) in [5.41, 5.74) is 2.54. The zero-order chi connectivity index (χ0) is 33.7. The fourth-order valence-corrected chi connectivity index (χ4v) is 11.6. The van der Waals surface area contributed by atoms with Crippen LogP contribution in [0.15, 0.2) is 11.6 Å². The zero-order valence-corrected chi connectivity index (χ0v) is 32.5. The third-order valence-corrected chi connectivity index (χ3v) is 14.5. The number of fused-ring (bicyclic) bond motifs is 5. The molecule has 4 aliphatic rings. The van der Waals surface area contributed by atoms with Gasteiger partial charge in [0, 0.05) is 12.8 Å². The molecule has 0 aromatic rings. The summed E-state index contributed by atoms with van der Waals surface area (Å²) < 4.78 is 6.13. The molecule has 3 saturated carbocycles. The zero-order valence-electron chi connectivity index (χ0n) is 32.5. The second-order valence-electron chi connectivity index (χ2n) is 18.3. The van der Waals surface area contributed by atoms with E-state index in [-0.39, 0.29) is 12.1 Å². The van der Waals surface area contributed by atoms with Crippen LogP contribution in [0.4, 0.5) is 0 Å². The van der Waals surface area contributed by atoms with Gasteiger partial charge in [-0.25, -0.2) is 0 Å². The van der Waals surface area contributed by atoms with Crippen LogP contribution < -0.4 is 0 Å². The van der Waals surface area contributed by atoms with Crippen LogP contribution in [0.2, 0.25) is 0 Å². The van der Waals surface area contributed by atoms with Gasteiger partial charge in [0.25, 0.3) is 0 Å². The second kappa shape index (κ2) is 19.6. The summed E-state index contributed by atoms with van der Waals surface area (Å²) in [7, 11) is 0. The van der Waals surface area contributed by atoms with E-state index in [1.807, 2.05) is 0 Å². The molecule has 8 atom stereocenters. The van der Waals surface area contributed by atoms with E-state index in [2.05, 4.69) is 47.6 Å². The number of esters is 1. The van der Waals surface area contributed by atoms with Crippen molar-refractivity contribution in [1.82, 2.24) is 0 Å². The third kappa shape index (κ3) is 10.8. The van der Waals surface area contributed by atoms with Crippen LogP contribution in [0, 0.1) is 46.3 Å². The van der Waals surface area contributed by atoms with Crippen LogP contribution in [0.1, 0.15) is 215 Å². The molecule has 3 fully saturated rings. The largest absolute Gasteiger partial charge is 0.462 e. The molecule has 2 heteroatoms. The van der Waals surface area contributed by atoms with E-state index in [4.69, 9.17) is 4.74 Å². The first-order valence-electron chi connectivity index (χ1n) is 21.6. The quantitative estimate of drug-likeness (QED) is 0.0661. The molecule has 0 N–H and O–H groups in total. The number of carbonyl (C=O) groups is 1. The molecule has 0 spiro atoms. The van der Waals surface area contributed by atoms with Crippen molar-refractivity contribution in [1.29, 1.82) is 0 Å². The van der Waals surface area contributed by atoms with E-state index in [9.17, 15) is 4.79 Å². The van der Waals surface area contributed by atoms with Crippen LogP contribution in [0.25, 0.3) is 0 Å². The molecule has 0 heterocycles. The van der Waals surface area contributed by atoms with Gasteiger partial charge in [-0.3, -0.25) is 4.79 Å². The molecule has 0 bridgehead atoms. The van der Waals surface area contributed by atoms with Crippen LogP contribution >= 0.6 is 0 Å². The molecule has 2 nitrogen and oxygen atoms in total. The maximum atomic E-state index is 12.8. The van der Waals surface area contributed by atoms with Gasteiger partial charge in [0.05, 0.1) is 0 Å². The molecule has 0 radical (unpaired) electrons. The van der Waals surface area contributed by atoms with Crippen LogP contribution in [0.5, 0.6) is 0 Å². The molecule has 0 amide bonds. The fraction of sp³-hybridized carbons (Fsp3) is 0.933. The van der Waals surface area contributed by atoms with Crippen LogP contribution in [-0.4, -0.2) is 12.1 Å². The Labute approximate surface area is 293 Å². The minimum Gasteiger partial charge on any atom is -0.462 e. The van der Waals surface area contributed by atoms with E-state index in [1.165, 1.54) is 148 Å². The number of allylic oxidation sites excluding steroid dienone is 1. The highest BCUT2D eigenvalue weighted by molar-refractivity contribution is 5.69. The first-order valence-corrected chi connectivity index (χ1v) is 21.6.